The smallest absolute Gasteiger partial charge is 0.320 e. The molecule has 0 aliphatic carbocycles. The third-order valence-electron chi connectivity index (χ3n) is 2.03. The van der Waals surface area contributed by atoms with Crippen LogP contribution in [0.5, 0.6) is 5.88 Å². The second kappa shape index (κ2) is 4.79. The third kappa shape index (κ3) is 2.70. The molecule has 0 aromatic carbocycles. The topological polar surface area (TPSA) is 99.1 Å². The molecule has 2 aromatic heterocycles. The third-order valence-corrected chi connectivity index (χ3v) is 2.03. The minimum absolute atomic E-state index is 0.282. The van der Waals surface area contributed by atoms with Crippen LogP contribution in [0.15, 0.2) is 22.7 Å². The van der Waals surface area contributed by atoms with E-state index in [0.717, 1.165) is 5.69 Å². The van der Waals surface area contributed by atoms with E-state index in [1.165, 1.54) is 0 Å². The highest BCUT2D eigenvalue weighted by molar-refractivity contribution is 5.50. The Balaban J connectivity index is 2.08. The second-order valence-electron chi connectivity index (χ2n) is 3.45. The fraction of sp³-hybridized carbons (Fsp3) is 0.300. The standard InChI is InChI=1S/C10H13N5O2/c1-6(11)9-14-15-10(17-9)13-7-3-4-8(16-2)12-5-7/h3-6H,11H2,1-2H3,(H,13,15). The lowest BCUT2D eigenvalue weighted by Crippen LogP contribution is -2.04. The summed E-state index contributed by atoms with van der Waals surface area (Å²) in [5, 5.41) is 10.5. The summed E-state index contributed by atoms with van der Waals surface area (Å²) >= 11 is 0. The van der Waals surface area contributed by atoms with Crippen molar-refractivity contribution in [2.75, 3.05) is 12.4 Å². The van der Waals surface area contributed by atoms with Gasteiger partial charge in [-0.3, -0.25) is 0 Å². The molecule has 0 spiro atoms. The molecule has 0 bridgehead atoms. The highest BCUT2D eigenvalue weighted by Gasteiger charge is 2.09. The zero-order valence-corrected chi connectivity index (χ0v) is 9.54. The number of nitrogens with zero attached hydrogens (tertiary/aromatic N) is 3. The average Bonchev–Trinajstić information content (AvgIpc) is 2.79. The quantitative estimate of drug-likeness (QED) is 0.822. The maximum absolute atomic E-state index is 5.61. The molecule has 0 amide bonds. The molecule has 0 fully saturated rings. The lowest BCUT2D eigenvalue weighted by atomic mass is 10.4. The Morgan fingerprint density at radius 1 is 1.41 bits per heavy atom. The van der Waals surface area contributed by atoms with E-state index in [-0.39, 0.29) is 12.1 Å². The molecule has 0 saturated heterocycles. The van der Waals surface area contributed by atoms with Crippen LogP contribution in [0, 0.1) is 0 Å². The predicted molar refractivity (Wildman–Crippen MR) is 61.0 cm³/mol. The zero-order chi connectivity index (χ0) is 12.3. The summed E-state index contributed by atoms with van der Waals surface area (Å²) < 4.78 is 10.2. The number of hydrogen-bond donors (Lipinski definition) is 2. The van der Waals surface area contributed by atoms with Gasteiger partial charge in [0.05, 0.1) is 25.0 Å². The molecule has 17 heavy (non-hydrogen) atoms. The van der Waals surface area contributed by atoms with Gasteiger partial charge in [-0.05, 0) is 13.0 Å². The Labute approximate surface area is 98.0 Å². The molecule has 7 heteroatoms. The van der Waals surface area contributed by atoms with Gasteiger partial charge >= 0.3 is 6.01 Å². The SMILES string of the molecule is COc1ccc(Nc2nnc(C(C)N)o2)cn1. The van der Waals surface area contributed by atoms with Crippen LogP contribution in [0.3, 0.4) is 0 Å². The van der Waals surface area contributed by atoms with Gasteiger partial charge in [-0.15, -0.1) is 5.10 Å². The molecule has 3 N–H and O–H groups in total. The predicted octanol–water partition coefficient (Wildman–Crippen LogP) is 1.24. The number of nitrogens with one attached hydrogen (secondary N) is 1. The van der Waals surface area contributed by atoms with Crippen molar-refractivity contribution in [3.8, 4) is 5.88 Å². The summed E-state index contributed by atoms with van der Waals surface area (Å²) in [6.45, 7) is 1.77. The van der Waals surface area contributed by atoms with Crippen molar-refractivity contribution in [2.45, 2.75) is 13.0 Å². The van der Waals surface area contributed by atoms with Gasteiger partial charge in [0, 0.05) is 6.07 Å². The summed E-state index contributed by atoms with van der Waals surface area (Å²) in [7, 11) is 1.56. The van der Waals surface area contributed by atoms with Crippen molar-refractivity contribution < 1.29 is 9.15 Å². The van der Waals surface area contributed by atoms with Gasteiger partial charge in [0.2, 0.25) is 11.8 Å². The van der Waals surface area contributed by atoms with E-state index in [4.69, 9.17) is 14.9 Å². The molecule has 0 aliphatic rings. The fourth-order valence-corrected chi connectivity index (χ4v) is 1.17. The molecule has 0 radical (unpaired) electrons. The molecule has 2 heterocycles. The molecule has 1 atom stereocenters. The van der Waals surface area contributed by atoms with Crippen LogP contribution in [0.25, 0.3) is 0 Å². The monoisotopic (exact) mass is 235 g/mol. The van der Waals surface area contributed by atoms with Crippen LogP contribution in [0.2, 0.25) is 0 Å². The van der Waals surface area contributed by atoms with Gasteiger partial charge in [0.25, 0.3) is 0 Å². The normalized spacial score (nSPS) is 12.2. The Bertz CT molecular complexity index is 480. The molecule has 90 valence electrons. The number of anilines is 2. The molecular weight excluding hydrogens is 222 g/mol. The molecule has 2 rings (SSSR count). The van der Waals surface area contributed by atoms with Crippen molar-refractivity contribution in [1.82, 2.24) is 15.2 Å². The lowest BCUT2D eigenvalue weighted by molar-refractivity contribution is 0.398. The van der Waals surface area contributed by atoms with E-state index in [2.05, 4.69) is 20.5 Å². The number of hydrogen-bond acceptors (Lipinski definition) is 7. The first-order valence-electron chi connectivity index (χ1n) is 5.05. The van der Waals surface area contributed by atoms with Crippen LogP contribution in [0.1, 0.15) is 18.9 Å². The molecule has 1 unspecified atom stereocenters. The van der Waals surface area contributed by atoms with Gasteiger partial charge < -0.3 is 20.2 Å². The summed E-state index contributed by atoms with van der Waals surface area (Å²) in [5.74, 6) is 0.923. The van der Waals surface area contributed by atoms with Crippen LogP contribution in [-0.2, 0) is 0 Å². The van der Waals surface area contributed by atoms with Gasteiger partial charge in [0.15, 0.2) is 0 Å². The first-order valence-corrected chi connectivity index (χ1v) is 5.05. The molecule has 2 aromatic rings. The van der Waals surface area contributed by atoms with E-state index in [9.17, 15) is 0 Å². The van der Waals surface area contributed by atoms with Crippen molar-refractivity contribution in [3.63, 3.8) is 0 Å². The van der Waals surface area contributed by atoms with E-state index in [1.54, 1.807) is 32.4 Å². The Morgan fingerprint density at radius 3 is 2.76 bits per heavy atom. The Kier molecular flexibility index (Phi) is 3.20. The minimum Gasteiger partial charge on any atom is -0.481 e. The number of pyridine rings is 1. The van der Waals surface area contributed by atoms with Crippen molar-refractivity contribution >= 4 is 11.7 Å². The van der Waals surface area contributed by atoms with Crippen LogP contribution in [0.4, 0.5) is 11.7 Å². The van der Waals surface area contributed by atoms with E-state index < -0.39 is 0 Å². The van der Waals surface area contributed by atoms with Crippen LogP contribution >= 0.6 is 0 Å². The number of nitrogens with two attached hydrogens (primary N) is 1. The highest BCUT2D eigenvalue weighted by atomic mass is 16.5. The highest BCUT2D eigenvalue weighted by Crippen LogP contribution is 2.18. The zero-order valence-electron chi connectivity index (χ0n) is 9.54. The molecular formula is C10H13N5O2. The van der Waals surface area contributed by atoms with Gasteiger partial charge in [-0.25, -0.2) is 4.98 Å². The number of methoxy groups -OCH3 is 1. The number of aromatic nitrogens is 3. The fourth-order valence-electron chi connectivity index (χ4n) is 1.17. The molecule has 0 saturated carbocycles. The summed E-state index contributed by atoms with van der Waals surface area (Å²) in [4.78, 5) is 4.04. The van der Waals surface area contributed by atoms with Crippen LogP contribution in [-0.4, -0.2) is 22.3 Å². The van der Waals surface area contributed by atoms with E-state index >= 15 is 0 Å². The summed E-state index contributed by atoms with van der Waals surface area (Å²) in [5.41, 5.74) is 6.33. The average molecular weight is 235 g/mol. The maximum atomic E-state index is 5.61. The largest absolute Gasteiger partial charge is 0.481 e. The van der Waals surface area contributed by atoms with Gasteiger partial charge in [-0.1, -0.05) is 5.10 Å². The van der Waals surface area contributed by atoms with Crippen molar-refractivity contribution in [2.24, 2.45) is 5.73 Å². The number of rotatable bonds is 4. The Hall–Kier alpha value is -2.15. The van der Waals surface area contributed by atoms with Crippen LogP contribution < -0.4 is 15.8 Å². The lowest BCUT2D eigenvalue weighted by Gasteiger charge is -2.02. The number of ether oxygens (including phenoxy) is 1. The van der Waals surface area contributed by atoms with Gasteiger partial charge in [-0.2, -0.15) is 0 Å². The first kappa shape index (κ1) is 11.3. The second-order valence-corrected chi connectivity index (χ2v) is 3.45. The van der Waals surface area contributed by atoms with Crippen molar-refractivity contribution in [1.29, 1.82) is 0 Å². The molecule has 0 aliphatic heterocycles. The first-order chi connectivity index (χ1) is 8.19. The van der Waals surface area contributed by atoms with E-state index in [0.29, 0.717) is 11.8 Å². The van der Waals surface area contributed by atoms with E-state index in [1.807, 2.05) is 0 Å². The minimum atomic E-state index is -0.285. The van der Waals surface area contributed by atoms with Crippen molar-refractivity contribution in [3.05, 3.63) is 24.2 Å². The molecule has 7 nitrogen and oxygen atoms in total. The Morgan fingerprint density at radius 2 is 2.24 bits per heavy atom. The van der Waals surface area contributed by atoms with Gasteiger partial charge in [0.1, 0.15) is 0 Å². The summed E-state index contributed by atoms with van der Waals surface area (Å²) in [6, 6.07) is 3.52. The summed E-state index contributed by atoms with van der Waals surface area (Å²) in [6.07, 6.45) is 1.61. The maximum Gasteiger partial charge on any atom is 0.320 e.